The summed E-state index contributed by atoms with van der Waals surface area (Å²) in [5.74, 6) is 0. The quantitative estimate of drug-likeness (QED) is 0.661. The molecular formula is C11H15NS. The van der Waals surface area contributed by atoms with E-state index >= 15 is 0 Å². The zero-order valence-electron chi connectivity index (χ0n) is 8.16. The van der Waals surface area contributed by atoms with Crippen molar-refractivity contribution in [1.82, 2.24) is 4.98 Å². The van der Waals surface area contributed by atoms with Gasteiger partial charge in [-0.25, -0.2) is 4.98 Å². The number of aromatic nitrogens is 1. The molecule has 0 aliphatic carbocycles. The van der Waals surface area contributed by atoms with E-state index < -0.39 is 0 Å². The maximum Gasteiger partial charge on any atom is 0.0806 e. The molecule has 1 heterocycles. The molecule has 0 aliphatic rings. The summed E-state index contributed by atoms with van der Waals surface area (Å²) in [5, 5.41) is 0. The van der Waals surface area contributed by atoms with E-state index in [1.54, 1.807) is 29.0 Å². The Labute approximate surface area is 84.1 Å². The number of thiazole rings is 1. The second-order valence-electron chi connectivity index (χ2n) is 1.90. The zero-order chi connectivity index (χ0) is 10.1. The first-order valence-electron chi connectivity index (χ1n) is 4.23. The Hall–Kier alpha value is -1.15. The van der Waals surface area contributed by atoms with E-state index in [1.165, 1.54) is 0 Å². The third-order valence-electron chi connectivity index (χ3n) is 1.20. The van der Waals surface area contributed by atoms with Crippen molar-refractivity contribution in [2.24, 2.45) is 0 Å². The lowest BCUT2D eigenvalue weighted by Gasteiger charge is -1.85. The highest BCUT2D eigenvalue weighted by Gasteiger charge is 1.95. The second kappa shape index (κ2) is 7.50. The summed E-state index contributed by atoms with van der Waals surface area (Å²) >= 11 is 1.60. The van der Waals surface area contributed by atoms with E-state index in [2.05, 4.69) is 18.1 Å². The Bertz CT molecular complexity index is 284. The number of allylic oxidation sites excluding steroid dienone is 2. The van der Waals surface area contributed by atoms with Gasteiger partial charge in [-0.05, 0) is 12.2 Å². The second-order valence-corrected chi connectivity index (χ2v) is 2.79. The maximum absolute atomic E-state index is 4.10. The molecule has 70 valence electrons. The molecule has 0 saturated heterocycles. The molecule has 0 bridgehead atoms. The minimum Gasteiger partial charge on any atom is -0.245 e. The predicted molar refractivity (Wildman–Crippen MR) is 62.8 cm³/mol. The lowest BCUT2D eigenvalue weighted by molar-refractivity contribution is 1.38. The van der Waals surface area contributed by atoms with Crippen LogP contribution >= 0.6 is 11.3 Å². The molecular weight excluding hydrogens is 178 g/mol. The van der Waals surface area contributed by atoms with Crippen molar-refractivity contribution in [3.63, 3.8) is 0 Å². The molecule has 0 saturated carbocycles. The standard InChI is InChI=1S/C9H9NS.C2H6/c1-3-5-6-9-8(4-2)10-7-11-9;1-2/h3-7H,1-2H2;1-2H3/b6-5-;. The Morgan fingerprint density at radius 3 is 2.62 bits per heavy atom. The van der Waals surface area contributed by atoms with Crippen molar-refractivity contribution in [2.45, 2.75) is 13.8 Å². The molecule has 13 heavy (non-hydrogen) atoms. The maximum atomic E-state index is 4.10. The van der Waals surface area contributed by atoms with Crippen LogP contribution in [0.3, 0.4) is 0 Å². The van der Waals surface area contributed by atoms with Crippen LogP contribution in [0.1, 0.15) is 24.4 Å². The average molecular weight is 193 g/mol. The molecule has 1 aromatic rings. The summed E-state index contributed by atoms with van der Waals surface area (Å²) in [6, 6.07) is 0. The Kier molecular flexibility index (Phi) is 6.83. The third-order valence-corrected chi connectivity index (χ3v) is 2.01. The first-order valence-corrected chi connectivity index (χ1v) is 5.11. The SMILES string of the molecule is C=C/C=C\c1scnc1C=C.CC. The molecule has 0 amide bonds. The van der Waals surface area contributed by atoms with E-state index in [0.29, 0.717) is 0 Å². The summed E-state index contributed by atoms with van der Waals surface area (Å²) < 4.78 is 0. The van der Waals surface area contributed by atoms with E-state index in [-0.39, 0.29) is 0 Å². The fraction of sp³-hybridized carbons (Fsp3) is 0.182. The molecule has 0 unspecified atom stereocenters. The largest absolute Gasteiger partial charge is 0.245 e. The Morgan fingerprint density at radius 1 is 1.38 bits per heavy atom. The normalized spacial score (nSPS) is 9.08. The summed E-state index contributed by atoms with van der Waals surface area (Å²) in [7, 11) is 0. The summed E-state index contributed by atoms with van der Waals surface area (Å²) in [4.78, 5) is 5.23. The molecule has 0 aromatic carbocycles. The average Bonchev–Trinajstić information content (AvgIpc) is 2.65. The van der Waals surface area contributed by atoms with Crippen LogP contribution in [0, 0.1) is 0 Å². The van der Waals surface area contributed by atoms with E-state index in [0.717, 1.165) is 10.6 Å². The Morgan fingerprint density at radius 2 is 2.08 bits per heavy atom. The zero-order valence-corrected chi connectivity index (χ0v) is 8.97. The minimum atomic E-state index is 0.938. The highest BCUT2D eigenvalue weighted by atomic mass is 32.1. The topological polar surface area (TPSA) is 12.9 Å². The first-order chi connectivity index (χ1) is 6.38. The van der Waals surface area contributed by atoms with Gasteiger partial charge in [0.15, 0.2) is 0 Å². The highest BCUT2D eigenvalue weighted by molar-refractivity contribution is 7.10. The van der Waals surface area contributed by atoms with Crippen LogP contribution in [0.15, 0.2) is 30.8 Å². The van der Waals surface area contributed by atoms with Crippen molar-refractivity contribution in [3.8, 4) is 0 Å². The van der Waals surface area contributed by atoms with Gasteiger partial charge in [0, 0.05) is 0 Å². The van der Waals surface area contributed by atoms with Gasteiger partial charge in [-0.15, -0.1) is 11.3 Å². The van der Waals surface area contributed by atoms with Gasteiger partial charge in [-0.2, -0.15) is 0 Å². The van der Waals surface area contributed by atoms with Crippen LogP contribution in [0.25, 0.3) is 12.2 Å². The van der Waals surface area contributed by atoms with Gasteiger partial charge < -0.3 is 0 Å². The van der Waals surface area contributed by atoms with Gasteiger partial charge in [-0.1, -0.05) is 39.2 Å². The first kappa shape index (κ1) is 11.8. The van der Waals surface area contributed by atoms with Gasteiger partial charge >= 0.3 is 0 Å². The molecule has 0 aliphatic heterocycles. The molecule has 0 spiro atoms. The number of nitrogens with zero attached hydrogens (tertiary/aromatic N) is 1. The fourth-order valence-electron chi connectivity index (χ4n) is 0.697. The summed E-state index contributed by atoms with van der Waals surface area (Å²) in [5.41, 5.74) is 2.74. The monoisotopic (exact) mass is 193 g/mol. The number of hydrogen-bond donors (Lipinski definition) is 0. The molecule has 1 nitrogen and oxygen atoms in total. The van der Waals surface area contributed by atoms with Crippen LogP contribution < -0.4 is 0 Å². The van der Waals surface area contributed by atoms with Gasteiger partial charge in [0.2, 0.25) is 0 Å². The molecule has 2 heteroatoms. The predicted octanol–water partition coefficient (Wildman–Crippen LogP) is 4.01. The smallest absolute Gasteiger partial charge is 0.0806 e. The molecule has 0 atom stereocenters. The van der Waals surface area contributed by atoms with Crippen molar-refractivity contribution in [1.29, 1.82) is 0 Å². The van der Waals surface area contributed by atoms with Crippen LogP contribution in [-0.4, -0.2) is 4.98 Å². The molecule has 0 N–H and O–H groups in total. The van der Waals surface area contributed by atoms with Crippen molar-refractivity contribution < 1.29 is 0 Å². The van der Waals surface area contributed by atoms with Crippen LogP contribution in [0.5, 0.6) is 0 Å². The van der Waals surface area contributed by atoms with Crippen molar-refractivity contribution in [2.75, 3.05) is 0 Å². The third kappa shape index (κ3) is 3.85. The number of hydrogen-bond acceptors (Lipinski definition) is 2. The van der Waals surface area contributed by atoms with Crippen LogP contribution in [0.4, 0.5) is 0 Å². The summed E-state index contributed by atoms with van der Waals surface area (Å²) in [6.07, 6.45) is 7.36. The highest BCUT2D eigenvalue weighted by Crippen LogP contribution is 2.15. The molecule has 1 aromatic heterocycles. The molecule has 1 rings (SSSR count). The van der Waals surface area contributed by atoms with Gasteiger partial charge in [0.1, 0.15) is 0 Å². The van der Waals surface area contributed by atoms with E-state index in [9.17, 15) is 0 Å². The molecule has 0 radical (unpaired) electrons. The van der Waals surface area contributed by atoms with Crippen molar-refractivity contribution in [3.05, 3.63) is 41.4 Å². The van der Waals surface area contributed by atoms with Crippen LogP contribution in [-0.2, 0) is 0 Å². The van der Waals surface area contributed by atoms with E-state index in [1.807, 2.05) is 26.0 Å². The van der Waals surface area contributed by atoms with Gasteiger partial charge in [0.25, 0.3) is 0 Å². The molecule has 0 fully saturated rings. The minimum absolute atomic E-state index is 0.938. The number of rotatable bonds is 3. The fourth-order valence-corrected chi connectivity index (χ4v) is 1.39. The van der Waals surface area contributed by atoms with Crippen LogP contribution in [0.2, 0.25) is 0 Å². The lowest BCUT2D eigenvalue weighted by Crippen LogP contribution is -1.71. The lowest BCUT2D eigenvalue weighted by atomic mass is 10.3. The van der Waals surface area contributed by atoms with Crippen molar-refractivity contribution >= 4 is 23.5 Å². The Balaban J connectivity index is 0.000000671. The van der Waals surface area contributed by atoms with Gasteiger partial charge in [0.05, 0.1) is 16.1 Å². The van der Waals surface area contributed by atoms with E-state index in [4.69, 9.17) is 0 Å². The van der Waals surface area contributed by atoms with Gasteiger partial charge in [-0.3, -0.25) is 0 Å². The summed E-state index contributed by atoms with van der Waals surface area (Å²) in [6.45, 7) is 11.2.